The number of hydrogen-bond donors (Lipinski definition) is 4. The second-order valence-corrected chi connectivity index (χ2v) is 10.5. The molecule has 3 N–H and O–H groups in total. The van der Waals surface area contributed by atoms with Crippen LogP contribution in [0, 0.1) is 0 Å². The minimum Gasteiger partial charge on any atom is -0.383 e. The third-order valence-electron chi connectivity index (χ3n) is 4.58. The highest BCUT2D eigenvalue weighted by atomic mass is 35.5. The molecule has 0 aliphatic carbocycles. The van der Waals surface area contributed by atoms with Crippen molar-refractivity contribution in [1.29, 1.82) is 0 Å². The monoisotopic (exact) mass is 505 g/mol. The van der Waals surface area contributed by atoms with Crippen LogP contribution >= 0.6 is 22.9 Å². The van der Waals surface area contributed by atoms with Crippen LogP contribution in [0.3, 0.4) is 0 Å². The van der Waals surface area contributed by atoms with Gasteiger partial charge in [0.1, 0.15) is 5.94 Å². The van der Waals surface area contributed by atoms with Gasteiger partial charge in [-0.1, -0.05) is 35.9 Å². The molecule has 3 rings (SSSR count). The van der Waals surface area contributed by atoms with Crippen LogP contribution in [0.15, 0.2) is 58.8 Å². The Hall–Kier alpha value is -2.47. The maximum atomic E-state index is 13.2. The van der Waals surface area contributed by atoms with E-state index in [9.17, 15) is 27.3 Å². The molecule has 0 fully saturated rings. The van der Waals surface area contributed by atoms with Crippen LogP contribution in [-0.4, -0.2) is 26.1 Å². The first-order chi connectivity index (χ1) is 15.0. The lowest BCUT2D eigenvalue weighted by Crippen LogP contribution is -2.26. The zero-order chi connectivity index (χ0) is 23.5. The number of alkyl halides is 3. The Kier molecular flexibility index (Phi) is 7.23. The number of nitrogens with one attached hydrogen (secondary N) is 2. The molecule has 32 heavy (non-hydrogen) atoms. The molecular formula is C20H19ClF3N3O3S2. The van der Waals surface area contributed by atoms with E-state index in [0.29, 0.717) is 27.5 Å². The summed E-state index contributed by atoms with van der Waals surface area (Å²) in [6, 6.07) is 12.9. The Labute approximate surface area is 192 Å². The molecule has 0 aliphatic heterocycles. The van der Waals surface area contributed by atoms with E-state index in [0.717, 1.165) is 5.38 Å². The molecule has 1 amide bonds. The fourth-order valence-electron chi connectivity index (χ4n) is 2.80. The second-order valence-electron chi connectivity index (χ2n) is 6.81. The summed E-state index contributed by atoms with van der Waals surface area (Å²) in [6.45, 7) is 1.60. The fourth-order valence-corrected chi connectivity index (χ4v) is 5.72. The lowest BCUT2D eigenvalue weighted by atomic mass is 10.0. The molecule has 6 nitrogen and oxygen atoms in total. The van der Waals surface area contributed by atoms with Crippen molar-refractivity contribution in [2.45, 2.75) is 23.9 Å². The van der Waals surface area contributed by atoms with Crippen molar-refractivity contribution < 1.29 is 27.3 Å². The first kappa shape index (κ1) is 24.2. The minimum atomic E-state index is -4.58. The zero-order valence-corrected chi connectivity index (χ0v) is 19.0. The average Bonchev–Trinajstić information content (AvgIpc) is 3.23. The van der Waals surface area contributed by atoms with Crippen molar-refractivity contribution in [3.8, 4) is 0 Å². The highest BCUT2D eigenvalue weighted by molar-refractivity contribution is 8.04. The number of benzene rings is 2. The van der Waals surface area contributed by atoms with Crippen LogP contribution in [0.2, 0.25) is 5.02 Å². The van der Waals surface area contributed by atoms with E-state index < -0.39 is 39.8 Å². The second kappa shape index (κ2) is 9.57. The summed E-state index contributed by atoms with van der Waals surface area (Å²) >= 11 is 6.80. The summed E-state index contributed by atoms with van der Waals surface area (Å²) in [5.41, 5.74) is -0.0432. The molecule has 2 aromatic carbocycles. The van der Waals surface area contributed by atoms with E-state index in [1.165, 1.54) is 0 Å². The average molecular weight is 506 g/mol. The molecule has 0 saturated heterocycles. The Balaban J connectivity index is 1.70. The maximum Gasteiger partial charge on any atom is 0.434 e. The maximum absolute atomic E-state index is 13.2. The summed E-state index contributed by atoms with van der Waals surface area (Å²) in [6.07, 6.45) is -4.58. The quantitative estimate of drug-likeness (QED) is 0.343. The summed E-state index contributed by atoms with van der Waals surface area (Å²) in [7, 11) is -3.43. The smallest absolute Gasteiger partial charge is 0.383 e. The number of halogens is 4. The molecule has 12 heteroatoms. The lowest BCUT2D eigenvalue weighted by molar-refractivity contribution is -0.140. The molecule has 0 bridgehead atoms. The third-order valence-corrected chi connectivity index (χ3v) is 7.98. The molecule has 1 heterocycles. The van der Waals surface area contributed by atoms with E-state index in [-0.39, 0.29) is 10.2 Å². The molecule has 0 saturated carbocycles. The van der Waals surface area contributed by atoms with Crippen LogP contribution in [0.4, 0.5) is 24.0 Å². The number of nitrogens with zero attached hydrogens (tertiary/aromatic N) is 1. The minimum absolute atomic E-state index is 0.143. The first-order valence-corrected chi connectivity index (χ1v) is 12.4. The van der Waals surface area contributed by atoms with Crippen LogP contribution in [0.25, 0.3) is 0 Å². The number of aliphatic hydroxyl groups excluding tert-OH is 1. The van der Waals surface area contributed by atoms with Gasteiger partial charge in [0, 0.05) is 21.2 Å². The van der Waals surface area contributed by atoms with E-state index >= 15 is 0 Å². The Bertz CT molecular complexity index is 1150. The molecule has 0 radical (unpaired) electrons. The fraction of sp³-hybridized carbons (Fsp3) is 0.200. The number of carbonyl (C=O) groups excluding carboxylic acids is 1. The van der Waals surface area contributed by atoms with E-state index in [1.807, 2.05) is 0 Å². The number of amides is 1. The summed E-state index contributed by atoms with van der Waals surface area (Å²) < 4.78 is 54.0. The molecule has 1 atom stereocenters. The zero-order valence-electron chi connectivity index (χ0n) is 16.6. The third kappa shape index (κ3) is 5.47. The van der Waals surface area contributed by atoms with Crippen molar-refractivity contribution in [1.82, 2.24) is 4.98 Å². The molecular weight excluding hydrogens is 487 g/mol. The molecule has 3 aromatic rings. The predicted molar refractivity (Wildman–Crippen MR) is 121 cm³/mol. The van der Waals surface area contributed by atoms with Crippen LogP contribution < -0.4 is 10.0 Å². The highest BCUT2D eigenvalue weighted by Crippen LogP contribution is 2.32. The number of hydrogen-bond acceptors (Lipinski definition) is 5. The van der Waals surface area contributed by atoms with Crippen molar-refractivity contribution in [2.75, 3.05) is 16.0 Å². The van der Waals surface area contributed by atoms with Crippen molar-refractivity contribution in [3.05, 3.63) is 70.2 Å². The number of carbonyl (C=O) groups is 1. The van der Waals surface area contributed by atoms with Crippen molar-refractivity contribution in [3.63, 3.8) is 0 Å². The lowest BCUT2D eigenvalue weighted by Gasteiger charge is -2.25. The Morgan fingerprint density at radius 1 is 1.22 bits per heavy atom. The summed E-state index contributed by atoms with van der Waals surface area (Å²) in [5, 5.41) is 13.1. The van der Waals surface area contributed by atoms with Gasteiger partial charge >= 0.3 is 6.18 Å². The predicted octanol–water partition coefficient (Wildman–Crippen LogP) is 4.91. The highest BCUT2D eigenvalue weighted by Gasteiger charge is 2.34. The van der Waals surface area contributed by atoms with Crippen LogP contribution in [0.1, 0.15) is 24.1 Å². The molecule has 0 aliphatic rings. The summed E-state index contributed by atoms with van der Waals surface area (Å²) in [5.74, 6) is -1.85. The summed E-state index contributed by atoms with van der Waals surface area (Å²) in [4.78, 5) is 16.1. The Morgan fingerprint density at radius 2 is 1.88 bits per heavy atom. The number of aliphatic hydroxyl groups is 1. The van der Waals surface area contributed by atoms with Crippen LogP contribution in [-0.2, 0) is 21.1 Å². The van der Waals surface area contributed by atoms with Gasteiger partial charge in [0.15, 0.2) is 10.8 Å². The van der Waals surface area contributed by atoms with Crippen molar-refractivity contribution in [2.24, 2.45) is 0 Å². The van der Waals surface area contributed by atoms with Gasteiger partial charge in [-0.15, -0.1) is 11.3 Å². The van der Waals surface area contributed by atoms with Gasteiger partial charge < -0.3 is 15.1 Å². The van der Waals surface area contributed by atoms with E-state index in [2.05, 4.69) is 15.0 Å². The van der Waals surface area contributed by atoms with Gasteiger partial charge in [0.05, 0.1) is 15.8 Å². The van der Waals surface area contributed by atoms with Gasteiger partial charge in [-0.3, -0.25) is 9.00 Å². The first-order valence-electron chi connectivity index (χ1n) is 9.20. The van der Waals surface area contributed by atoms with Gasteiger partial charge in [0.2, 0.25) is 5.91 Å². The van der Waals surface area contributed by atoms with E-state index in [4.69, 9.17) is 11.6 Å². The SMILES string of the molecule is C[C@@H](C(=O)Nc1nc(C(F)(F)F)cs1)c1ccc(N[SH](=O)(CO)c2ccccc2Cl)cc1. The molecule has 172 valence electrons. The van der Waals surface area contributed by atoms with Gasteiger partial charge in [-0.2, -0.15) is 13.2 Å². The number of thiazole rings is 1. The van der Waals surface area contributed by atoms with Gasteiger partial charge in [-0.05, 0) is 36.8 Å². The van der Waals surface area contributed by atoms with Crippen LogP contribution in [0.5, 0.6) is 0 Å². The number of rotatable bonds is 7. The van der Waals surface area contributed by atoms with Gasteiger partial charge in [-0.25, -0.2) is 4.98 Å². The van der Waals surface area contributed by atoms with Crippen molar-refractivity contribution >= 4 is 49.8 Å². The standard InChI is InChI=1S/C20H19ClF3N3O3S2/c1-12(18(29)26-19-25-17(10-31-19)20(22,23)24)13-6-8-14(9-7-13)27-32(30,11-28)16-5-3-2-4-15(16)21/h2-10,12,28,32H,11H2,1H3,(H,27,30)(H,25,26,29)/t12-/m1/s1. The van der Waals surface area contributed by atoms with Gasteiger partial charge in [0.25, 0.3) is 0 Å². The Morgan fingerprint density at radius 3 is 2.44 bits per heavy atom. The number of anilines is 2. The topological polar surface area (TPSA) is 91.3 Å². The number of thiol groups is 1. The number of aromatic nitrogens is 1. The molecule has 0 spiro atoms. The molecule has 1 aromatic heterocycles. The molecule has 0 unspecified atom stereocenters. The largest absolute Gasteiger partial charge is 0.434 e. The normalized spacial score (nSPS) is 13.4. The van der Waals surface area contributed by atoms with E-state index in [1.54, 1.807) is 55.5 Å².